The van der Waals surface area contributed by atoms with E-state index >= 15 is 0 Å². The Balaban J connectivity index is 1.90. The molecule has 1 N–H and O–H groups in total. The second kappa shape index (κ2) is 6.49. The van der Waals surface area contributed by atoms with Gasteiger partial charge in [-0.15, -0.1) is 11.3 Å². The third-order valence-corrected chi connectivity index (χ3v) is 5.48. The molecular formula is C16H22ClN3S. The molecule has 114 valence electrons. The summed E-state index contributed by atoms with van der Waals surface area (Å²) in [7, 11) is 0. The maximum Gasteiger partial charge on any atom is 0.225 e. The van der Waals surface area contributed by atoms with Gasteiger partial charge in [0.1, 0.15) is 9.98 Å². The molecule has 1 aliphatic carbocycles. The summed E-state index contributed by atoms with van der Waals surface area (Å²) in [6.45, 7) is 5.33. The van der Waals surface area contributed by atoms with Crippen molar-refractivity contribution in [2.24, 2.45) is 5.92 Å². The van der Waals surface area contributed by atoms with Crippen molar-refractivity contribution in [3.63, 3.8) is 0 Å². The molecule has 5 heteroatoms. The summed E-state index contributed by atoms with van der Waals surface area (Å²) in [5.41, 5.74) is 1.41. The number of fused-ring (bicyclic) bond motifs is 3. The lowest BCUT2D eigenvalue weighted by molar-refractivity contribution is 0.606. The van der Waals surface area contributed by atoms with Crippen LogP contribution in [-0.2, 0) is 12.8 Å². The molecule has 3 nitrogen and oxygen atoms in total. The van der Waals surface area contributed by atoms with Crippen LogP contribution >= 0.6 is 22.9 Å². The predicted molar refractivity (Wildman–Crippen MR) is 91.6 cm³/mol. The SMILES string of the molecule is CC(C)CCNc1nc(Cl)c2c3c(sc2n1)CCCCC3. The van der Waals surface area contributed by atoms with E-state index in [4.69, 9.17) is 11.6 Å². The van der Waals surface area contributed by atoms with Crippen LogP contribution in [0.15, 0.2) is 0 Å². The van der Waals surface area contributed by atoms with E-state index in [0.29, 0.717) is 17.0 Å². The van der Waals surface area contributed by atoms with Crippen LogP contribution < -0.4 is 5.32 Å². The predicted octanol–water partition coefficient (Wildman–Crippen LogP) is 5.07. The van der Waals surface area contributed by atoms with E-state index in [2.05, 4.69) is 29.1 Å². The van der Waals surface area contributed by atoms with Gasteiger partial charge in [-0.1, -0.05) is 31.9 Å². The monoisotopic (exact) mass is 323 g/mol. The van der Waals surface area contributed by atoms with Crippen molar-refractivity contribution in [2.45, 2.75) is 52.4 Å². The maximum atomic E-state index is 6.45. The average molecular weight is 324 g/mol. The Morgan fingerprint density at radius 1 is 1.19 bits per heavy atom. The van der Waals surface area contributed by atoms with Crippen molar-refractivity contribution < 1.29 is 0 Å². The second-order valence-electron chi connectivity index (χ2n) is 6.19. The molecule has 1 aliphatic rings. The molecule has 2 heterocycles. The summed E-state index contributed by atoms with van der Waals surface area (Å²) in [4.78, 5) is 11.7. The molecule has 21 heavy (non-hydrogen) atoms. The lowest BCUT2D eigenvalue weighted by atomic mass is 10.1. The van der Waals surface area contributed by atoms with Crippen LogP contribution in [0.25, 0.3) is 10.2 Å². The molecule has 0 atom stereocenters. The highest BCUT2D eigenvalue weighted by Crippen LogP contribution is 2.38. The van der Waals surface area contributed by atoms with Crippen molar-refractivity contribution >= 4 is 39.1 Å². The maximum absolute atomic E-state index is 6.45. The largest absolute Gasteiger partial charge is 0.354 e. The number of aryl methyl sites for hydroxylation is 2. The van der Waals surface area contributed by atoms with E-state index in [1.165, 1.54) is 36.1 Å². The lowest BCUT2D eigenvalue weighted by Gasteiger charge is -2.07. The topological polar surface area (TPSA) is 37.8 Å². The number of aromatic nitrogens is 2. The molecule has 0 saturated heterocycles. The van der Waals surface area contributed by atoms with Gasteiger partial charge in [0.25, 0.3) is 0 Å². The molecule has 0 spiro atoms. The van der Waals surface area contributed by atoms with Crippen molar-refractivity contribution in [3.8, 4) is 0 Å². The highest BCUT2D eigenvalue weighted by Gasteiger charge is 2.19. The van der Waals surface area contributed by atoms with E-state index in [1.807, 2.05) is 0 Å². The summed E-state index contributed by atoms with van der Waals surface area (Å²) in [5.74, 6) is 1.35. The zero-order chi connectivity index (χ0) is 14.8. The lowest BCUT2D eigenvalue weighted by Crippen LogP contribution is -2.07. The average Bonchev–Trinajstić information content (AvgIpc) is 2.61. The zero-order valence-electron chi connectivity index (χ0n) is 12.7. The van der Waals surface area contributed by atoms with Crippen molar-refractivity contribution in [1.82, 2.24) is 9.97 Å². The zero-order valence-corrected chi connectivity index (χ0v) is 14.3. The molecule has 0 unspecified atom stereocenters. The van der Waals surface area contributed by atoms with E-state index in [-0.39, 0.29) is 0 Å². The summed E-state index contributed by atoms with van der Waals surface area (Å²) in [6, 6.07) is 0. The Morgan fingerprint density at radius 3 is 2.81 bits per heavy atom. The fraction of sp³-hybridized carbons (Fsp3) is 0.625. The molecule has 0 aliphatic heterocycles. The van der Waals surface area contributed by atoms with Gasteiger partial charge in [-0.05, 0) is 43.6 Å². The second-order valence-corrected chi connectivity index (χ2v) is 7.63. The molecule has 0 aromatic carbocycles. The van der Waals surface area contributed by atoms with Crippen LogP contribution in [0.4, 0.5) is 5.95 Å². The third kappa shape index (κ3) is 3.32. The van der Waals surface area contributed by atoms with Crippen molar-refractivity contribution in [1.29, 1.82) is 0 Å². The third-order valence-electron chi connectivity index (χ3n) is 4.03. The normalized spacial score (nSPS) is 15.2. The molecule has 0 saturated carbocycles. The van der Waals surface area contributed by atoms with Gasteiger partial charge in [0, 0.05) is 11.4 Å². The molecule has 0 fully saturated rings. The van der Waals surface area contributed by atoms with Crippen LogP contribution in [-0.4, -0.2) is 16.5 Å². The number of anilines is 1. The molecule has 3 rings (SSSR count). The first-order chi connectivity index (χ1) is 10.1. The summed E-state index contributed by atoms with van der Waals surface area (Å²) in [5, 5.41) is 5.02. The Kier molecular flexibility index (Phi) is 4.65. The van der Waals surface area contributed by atoms with Gasteiger partial charge in [-0.2, -0.15) is 0 Å². The standard InChI is InChI=1S/C16H22ClN3S/c1-10(2)8-9-18-16-19-14(17)13-11-6-4-3-5-7-12(11)21-15(13)20-16/h10H,3-9H2,1-2H3,(H,18,19,20). The van der Waals surface area contributed by atoms with Gasteiger partial charge in [0.05, 0.1) is 5.39 Å². The van der Waals surface area contributed by atoms with Crippen LogP contribution in [0.5, 0.6) is 0 Å². The minimum Gasteiger partial charge on any atom is -0.354 e. The first-order valence-corrected chi connectivity index (χ1v) is 9.06. The van der Waals surface area contributed by atoms with Gasteiger partial charge in [-0.25, -0.2) is 9.97 Å². The molecule has 2 aromatic rings. The van der Waals surface area contributed by atoms with Crippen LogP contribution in [0.1, 0.15) is 50.0 Å². The number of nitrogens with zero attached hydrogens (tertiary/aromatic N) is 2. The Labute approximate surface area is 135 Å². The van der Waals surface area contributed by atoms with Gasteiger partial charge < -0.3 is 5.32 Å². The summed E-state index contributed by atoms with van der Waals surface area (Å²) in [6.07, 6.45) is 7.26. The number of nitrogens with one attached hydrogen (secondary N) is 1. The van der Waals surface area contributed by atoms with E-state index in [0.717, 1.165) is 29.6 Å². The van der Waals surface area contributed by atoms with E-state index in [9.17, 15) is 0 Å². The van der Waals surface area contributed by atoms with Gasteiger partial charge >= 0.3 is 0 Å². The fourth-order valence-electron chi connectivity index (χ4n) is 2.84. The quantitative estimate of drug-likeness (QED) is 0.630. The number of thiophene rings is 1. The fourth-order valence-corrected chi connectivity index (χ4v) is 4.44. The molecule has 2 aromatic heterocycles. The Hall–Kier alpha value is -0.870. The van der Waals surface area contributed by atoms with Gasteiger partial charge in [0.2, 0.25) is 5.95 Å². The highest BCUT2D eigenvalue weighted by atomic mass is 35.5. The van der Waals surface area contributed by atoms with E-state index < -0.39 is 0 Å². The summed E-state index contributed by atoms with van der Waals surface area (Å²) < 4.78 is 0. The number of rotatable bonds is 4. The van der Waals surface area contributed by atoms with Gasteiger partial charge in [-0.3, -0.25) is 0 Å². The first kappa shape index (κ1) is 15.0. The molecule has 0 amide bonds. The number of hydrogen-bond donors (Lipinski definition) is 1. The Morgan fingerprint density at radius 2 is 2.00 bits per heavy atom. The van der Waals surface area contributed by atoms with Crippen molar-refractivity contribution in [3.05, 3.63) is 15.6 Å². The van der Waals surface area contributed by atoms with E-state index in [1.54, 1.807) is 11.3 Å². The molecule has 0 bridgehead atoms. The highest BCUT2D eigenvalue weighted by molar-refractivity contribution is 7.19. The molecule has 0 radical (unpaired) electrons. The molecular weight excluding hydrogens is 302 g/mol. The minimum absolute atomic E-state index is 0.617. The Bertz CT molecular complexity index is 636. The number of halogens is 1. The van der Waals surface area contributed by atoms with Crippen molar-refractivity contribution in [2.75, 3.05) is 11.9 Å². The minimum atomic E-state index is 0.617. The van der Waals surface area contributed by atoms with Crippen LogP contribution in [0, 0.1) is 5.92 Å². The number of hydrogen-bond acceptors (Lipinski definition) is 4. The smallest absolute Gasteiger partial charge is 0.225 e. The van der Waals surface area contributed by atoms with Crippen LogP contribution in [0.3, 0.4) is 0 Å². The van der Waals surface area contributed by atoms with Crippen LogP contribution in [0.2, 0.25) is 5.15 Å². The van der Waals surface area contributed by atoms with Gasteiger partial charge in [0.15, 0.2) is 0 Å². The summed E-state index contributed by atoms with van der Waals surface area (Å²) >= 11 is 8.26. The first-order valence-electron chi connectivity index (χ1n) is 7.87.